The zero-order valence-corrected chi connectivity index (χ0v) is 16.3. The van der Waals surface area contributed by atoms with Crippen LogP contribution < -0.4 is 15.4 Å². The molecule has 142 valence electrons. The number of hydrogen-bond acceptors (Lipinski definition) is 3. The van der Waals surface area contributed by atoms with Gasteiger partial charge in [0.25, 0.3) is 0 Å². The van der Waals surface area contributed by atoms with E-state index < -0.39 is 0 Å². The number of carbonyl (C=O) groups is 2. The number of methoxy groups -OCH3 is 1. The smallest absolute Gasteiger partial charge is 0.248 e. The maximum atomic E-state index is 12.1. The van der Waals surface area contributed by atoms with Crippen LogP contribution in [0.15, 0.2) is 48.5 Å². The van der Waals surface area contributed by atoms with Crippen LogP contribution in [-0.2, 0) is 9.59 Å². The summed E-state index contributed by atoms with van der Waals surface area (Å²) in [6, 6.07) is 12.1. The van der Waals surface area contributed by atoms with Crippen molar-refractivity contribution in [1.29, 1.82) is 0 Å². The Kier molecular flexibility index (Phi) is 7.44. The Labute approximate surface area is 164 Å². The molecule has 6 heteroatoms. The lowest BCUT2D eigenvalue weighted by atomic mass is 10.1. The highest BCUT2D eigenvalue weighted by molar-refractivity contribution is 6.30. The van der Waals surface area contributed by atoms with E-state index in [0.29, 0.717) is 40.0 Å². The Hall–Kier alpha value is -2.79. The molecule has 0 aliphatic heterocycles. The highest BCUT2D eigenvalue weighted by atomic mass is 35.5. The van der Waals surface area contributed by atoms with Gasteiger partial charge < -0.3 is 15.4 Å². The van der Waals surface area contributed by atoms with E-state index in [2.05, 4.69) is 10.6 Å². The maximum Gasteiger partial charge on any atom is 0.248 e. The predicted molar refractivity (Wildman–Crippen MR) is 110 cm³/mol. The van der Waals surface area contributed by atoms with Crippen LogP contribution in [0, 0.1) is 5.92 Å². The number of halogens is 1. The SMILES string of the molecule is COc1ccc(Cl)cc1C=CC(=O)Nc1ccc(NC(=O)CC(C)C)cc1. The maximum absolute atomic E-state index is 12.1. The molecule has 0 radical (unpaired) electrons. The summed E-state index contributed by atoms with van der Waals surface area (Å²) in [4.78, 5) is 23.9. The van der Waals surface area contributed by atoms with Gasteiger partial charge in [-0.15, -0.1) is 0 Å². The number of carbonyl (C=O) groups excluding carboxylic acids is 2. The minimum Gasteiger partial charge on any atom is -0.496 e. The molecule has 0 atom stereocenters. The topological polar surface area (TPSA) is 67.4 Å². The summed E-state index contributed by atoms with van der Waals surface area (Å²) in [5.74, 6) is 0.618. The van der Waals surface area contributed by atoms with Crippen molar-refractivity contribution < 1.29 is 14.3 Å². The lowest BCUT2D eigenvalue weighted by Crippen LogP contribution is -2.14. The first kappa shape index (κ1) is 20.5. The fraction of sp³-hybridized carbons (Fsp3) is 0.238. The van der Waals surface area contributed by atoms with Crippen molar-refractivity contribution in [3.8, 4) is 5.75 Å². The van der Waals surface area contributed by atoms with Crippen LogP contribution in [0.4, 0.5) is 11.4 Å². The van der Waals surface area contributed by atoms with Gasteiger partial charge in [0.15, 0.2) is 0 Å². The van der Waals surface area contributed by atoms with Crippen molar-refractivity contribution in [1.82, 2.24) is 0 Å². The summed E-state index contributed by atoms with van der Waals surface area (Å²) >= 11 is 5.98. The number of ether oxygens (including phenoxy) is 1. The van der Waals surface area contributed by atoms with Gasteiger partial charge in [-0.1, -0.05) is 25.4 Å². The van der Waals surface area contributed by atoms with Crippen LogP contribution in [0.1, 0.15) is 25.8 Å². The molecule has 2 N–H and O–H groups in total. The Morgan fingerprint density at radius 2 is 1.70 bits per heavy atom. The normalized spacial score (nSPS) is 10.9. The molecule has 0 fully saturated rings. The highest BCUT2D eigenvalue weighted by Crippen LogP contribution is 2.24. The quantitative estimate of drug-likeness (QED) is 0.659. The van der Waals surface area contributed by atoms with Crippen molar-refractivity contribution in [2.24, 2.45) is 5.92 Å². The second-order valence-corrected chi connectivity index (χ2v) is 6.87. The Morgan fingerprint density at radius 3 is 2.30 bits per heavy atom. The molecule has 5 nitrogen and oxygen atoms in total. The Balaban J connectivity index is 1.96. The van der Waals surface area contributed by atoms with Gasteiger partial charge in [0, 0.05) is 34.5 Å². The van der Waals surface area contributed by atoms with Crippen LogP contribution in [0.5, 0.6) is 5.75 Å². The van der Waals surface area contributed by atoms with Crippen LogP contribution in [-0.4, -0.2) is 18.9 Å². The van der Waals surface area contributed by atoms with Gasteiger partial charge in [-0.25, -0.2) is 0 Å². The van der Waals surface area contributed by atoms with Gasteiger partial charge in [-0.2, -0.15) is 0 Å². The van der Waals surface area contributed by atoms with Crippen LogP contribution in [0.3, 0.4) is 0 Å². The summed E-state index contributed by atoms with van der Waals surface area (Å²) in [6.45, 7) is 3.98. The van der Waals surface area contributed by atoms with Gasteiger partial charge in [0.1, 0.15) is 5.75 Å². The minimum atomic E-state index is -0.284. The van der Waals surface area contributed by atoms with Crippen LogP contribution in [0.2, 0.25) is 5.02 Å². The molecule has 0 aromatic heterocycles. The molecule has 2 rings (SSSR count). The zero-order chi connectivity index (χ0) is 19.8. The molecular formula is C21H23ClN2O3. The highest BCUT2D eigenvalue weighted by Gasteiger charge is 2.06. The number of anilines is 2. The molecule has 0 aliphatic rings. The van der Waals surface area contributed by atoms with E-state index >= 15 is 0 Å². The number of nitrogens with one attached hydrogen (secondary N) is 2. The van der Waals surface area contributed by atoms with E-state index in [4.69, 9.17) is 16.3 Å². The van der Waals surface area contributed by atoms with Gasteiger partial charge in [-0.05, 0) is 54.5 Å². The van der Waals surface area contributed by atoms with Gasteiger partial charge in [0.05, 0.1) is 7.11 Å². The molecule has 2 amide bonds. The molecule has 0 aliphatic carbocycles. The van der Waals surface area contributed by atoms with Crippen molar-refractivity contribution in [2.75, 3.05) is 17.7 Å². The third-order valence-corrected chi connectivity index (χ3v) is 3.87. The molecule has 2 aromatic carbocycles. The van der Waals surface area contributed by atoms with Gasteiger partial charge in [-0.3, -0.25) is 9.59 Å². The summed E-state index contributed by atoms with van der Waals surface area (Å²) in [6.07, 6.45) is 3.52. The molecule has 0 heterocycles. The first-order chi connectivity index (χ1) is 12.9. The third-order valence-electron chi connectivity index (χ3n) is 3.64. The standard InChI is InChI=1S/C21H23ClN2O3/c1-14(2)12-21(26)24-18-8-6-17(7-9-18)23-20(25)11-4-15-13-16(22)5-10-19(15)27-3/h4-11,13-14H,12H2,1-3H3,(H,23,25)(H,24,26). The number of benzene rings is 2. The summed E-state index contributed by atoms with van der Waals surface area (Å²) in [7, 11) is 1.56. The van der Waals surface area contributed by atoms with E-state index in [0.717, 1.165) is 0 Å². The molecule has 0 spiro atoms. The van der Waals surface area contributed by atoms with Crippen molar-refractivity contribution in [3.05, 3.63) is 59.1 Å². The van der Waals surface area contributed by atoms with Crippen molar-refractivity contribution in [2.45, 2.75) is 20.3 Å². The number of hydrogen-bond donors (Lipinski definition) is 2. The van der Waals surface area contributed by atoms with Crippen molar-refractivity contribution in [3.63, 3.8) is 0 Å². The lowest BCUT2D eigenvalue weighted by Gasteiger charge is -2.08. The molecule has 0 unspecified atom stereocenters. The first-order valence-corrected chi connectivity index (χ1v) is 8.97. The van der Waals surface area contributed by atoms with Crippen LogP contribution >= 0.6 is 11.6 Å². The molecule has 27 heavy (non-hydrogen) atoms. The average Bonchev–Trinajstić information content (AvgIpc) is 2.61. The summed E-state index contributed by atoms with van der Waals surface area (Å²) in [5.41, 5.74) is 2.03. The predicted octanol–water partition coefficient (Wildman–Crippen LogP) is 4.99. The summed E-state index contributed by atoms with van der Waals surface area (Å²) in [5, 5.41) is 6.15. The number of amides is 2. The van der Waals surface area contributed by atoms with E-state index in [1.807, 2.05) is 13.8 Å². The number of rotatable bonds is 7. The fourth-order valence-corrected chi connectivity index (χ4v) is 2.59. The second kappa shape index (κ2) is 9.78. The summed E-state index contributed by atoms with van der Waals surface area (Å²) < 4.78 is 5.24. The second-order valence-electron chi connectivity index (χ2n) is 6.43. The molecule has 0 bridgehead atoms. The monoisotopic (exact) mass is 386 g/mol. The minimum absolute atomic E-state index is 0.0276. The van der Waals surface area contributed by atoms with Gasteiger partial charge in [0.2, 0.25) is 11.8 Å². The van der Waals surface area contributed by atoms with Crippen LogP contribution in [0.25, 0.3) is 6.08 Å². The first-order valence-electron chi connectivity index (χ1n) is 8.60. The Morgan fingerprint density at radius 1 is 1.07 bits per heavy atom. The average molecular weight is 387 g/mol. The zero-order valence-electron chi connectivity index (χ0n) is 15.6. The fourth-order valence-electron chi connectivity index (χ4n) is 2.40. The lowest BCUT2D eigenvalue weighted by molar-refractivity contribution is -0.117. The Bertz CT molecular complexity index is 830. The molecule has 0 saturated heterocycles. The van der Waals surface area contributed by atoms with E-state index in [1.165, 1.54) is 6.08 Å². The largest absolute Gasteiger partial charge is 0.496 e. The van der Waals surface area contributed by atoms with Gasteiger partial charge >= 0.3 is 0 Å². The van der Waals surface area contributed by atoms with E-state index in [9.17, 15) is 9.59 Å². The van der Waals surface area contributed by atoms with Crippen molar-refractivity contribution >= 4 is 40.9 Å². The third kappa shape index (κ3) is 6.79. The van der Waals surface area contributed by atoms with E-state index in [1.54, 1.807) is 55.7 Å². The molecular weight excluding hydrogens is 364 g/mol. The molecule has 0 saturated carbocycles. The van der Waals surface area contributed by atoms with E-state index in [-0.39, 0.29) is 11.8 Å². The molecule has 2 aromatic rings.